The second-order valence-corrected chi connectivity index (χ2v) is 5.10. The Morgan fingerprint density at radius 2 is 2.23 bits per heavy atom. The summed E-state index contributed by atoms with van der Waals surface area (Å²) in [6.07, 6.45) is 4.25. The average Bonchev–Trinajstić information content (AvgIpc) is 2.64. The van der Waals surface area contributed by atoms with Crippen LogP contribution in [0.15, 0.2) is 0 Å². The molecule has 2 heteroatoms. The Bertz CT molecular complexity index is 167. The van der Waals surface area contributed by atoms with Crippen molar-refractivity contribution in [2.24, 2.45) is 11.8 Å². The van der Waals surface area contributed by atoms with E-state index >= 15 is 0 Å². The van der Waals surface area contributed by atoms with E-state index in [0.717, 1.165) is 23.9 Å². The van der Waals surface area contributed by atoms with Crippen molar-refractivity contribution in [3.8, 4) is 0 Å². The molecule has 2 fully saturated rings. The summed E-state index contributed by atoms with van der Waals surface area (Å²) < 4.78 is 0. The van der Waals surface area contributed by atoms with Crippen LogP contribution >= 0.6 is 0 Å². The summed E-state index contributed by atoms with van der Waals surface area (Å²) in [4.78, 5) is 0. The van der Waals surface area contributed by atoms with Gasteiger partial charge >= 0.3 is 0 Å². The second kappa shape index (κ2) is 3.97. The quantitative estimate of drug-likeness (QED) is 0.686. The highest BCUT2D eigenvalue weighted by atomic mass is 15.0. The van der Waals surface area contributed by atoms with Gasteiger partial charge in [-0.1, -0.05) is 13.8 Å². The highest BCUT2D eigenvalue weighted by Crippen LogP contribution is 2.32. The molecule has 0 spiro atoms. The van der Waals surface area contributed by atoms with Gasteiger partial charge in [0.15, 0.2) is 0 Å². The lowest BCUT2D eigenvalue weighted by Gasteiger charge is -2.20. The van der Waals surface area contributed by atoms with Crippen molar-refractivity contribution < 1.29 is 0 Å². The first-order valence-corrected chi connectivity index (χ1v) is 5.72. The number of hydrogen-bond donors (Lipinski definition) is 2. The van der Waals surface area contributed by atoms with Crippen LogP contribution in [-0.4, -0.2) is 25.2 Å². The molecule has 0 aromatic carbocycles. The Kier molecular flexibility index (Phi) is 2.89. The van der Waals surface area contributed by atoms with Crippen LogP contribution in [0.3, 0.4) is 0 Å². The molecule has 2 bridgehead atoms. The van der Waals surface area contributed by atoms with Crippen molar-refractivity contribution in [1.29, 1.82) is 0 Å². The van der Waals surface area contributed by atoms with Crippen molar-refractivity contribution >= 4 is 0 Å². The second-order valence-electron chi connectivity index (χ2n) is 5.10. The van der Waals surface area contributed by atoms with Gasteiger partial charge in [0, 0.05) is 12.1 Å². The van der Waals surface area contributed by atoms with Gasteiger partial charge in [0.1, 0.15) is 0 Å². The molecule has 0 amide bonds. The molecule has 76 valence electrons. The van der Waals surface area contributed by atoms with Crippen LogP contribution in [0.1, 0.15) is 33.1 Å². The van der Waals surface area contributed by atoms with Crippen LogP contribution in [0.2, 0.25) is 0 Å². The van der Waals surface area contributed by atoms with Crippen molar-refractivity contribution in [2.75, 3.05) is 13.1 Å². The van der Waals surface area contributed by atoms with Crippen molar-refractivity contribution in [2.45, 2.75) is 45.2 Å². The van der Waals surface area contributed by atoms with Gasteiger partial charge in [0.05, 0.1) is 0 Å². The number of nitrogens with one attached hydrogen (secondary N) is 2. The first kappa shape index (κ1) is 9.47. The average molecular weight is 182 g/mol. The topological polar surface area (TPSA) is 24.1 Å². The summed E-state index contributed by atoms with van der Waals surface area (Å²) in [5.41, 5.74) is 0. The first-order chi connectivity index (χ1) is 6.25. The molecule has 0 saturated carbocycles. The molecule has 0 aromatic rings. The van der Waals surface area contributed by atoms with Crippen LogP contribution in [0.25, 0.3) is 0 Å². The molecule has 0 aromatic heterocycles. The summed E-state index contributed by atoms with van der Waals surface area (Å²) in [6.45, 7) is 6.94. The molecule has 2 N–H and O–H groups in total. The predicted molar refractivity (Wildman–Crippen MR) is 55.8 cm³/mol. The fraction of sp³-hybridized carbons (Fsp3) is 1.00. The van der Waals surface area contributed by atoms with Gasteiger partial charge in [-0.3, -0.25) is 0 Å². The van der Waals surface area contributed by atoms with E-state index < -0.39 is 0 Å². The van der Waals surface area contributed by atoms with E-state index in [4.69, 9.17) is 0 Å². The molecule has 2 saturated heterocycles. The summed E-state index contributed by atoms with van der Waals surface area (Å²) >= 11 is 0. The molecule has 2 aliphatic heterocycles. The highest BCUT2D eigenvalue weighted by Gasteiger charge is 2.38. The molecular weight excluding hydrogens is 160 g/mol. The van der Waals surface area contributed by atoms with Crippen molar-refractivity contribution in [3.63, 3.8) is 0 Å². The van der Waals surface area contributed by atoms with Gasteiger partial charge in [0.2, 0.25) is 0 Å². The lowest BCUT2D eigenvalue weighted by Crippen LogP contribution is -2.33. The molecule has 2 aliphatic rings. The van der Waals surface area contributed by atoms with Gasteiger partial charge < -0.3 is 10.6 Å². The third-order valence-electron chi connectivity index (χ3n) is 3.39. The number of rotatable bonds is 4. The summed E-state index contributed by atoms with van der Waals surface area (Å²) in [6, 6.07) is 1.69. The molecule has 3 atom stereocenters. The zero-order valence-electron chi connectivity index (χ0n) is 8.84. The Morgan fingerprint density at radius 1 is 1.38 bits per heavy atom. The molecule has 2 heterocycles. The van der Waals surface area contributed by atoms with E-state index in [2.05, 4.69) is 24.5 Å². The van der Waals surface area contributed by atoms with Gasteiger partial charge in [0.25, 0.3) is 0 Å². The highest BCUT2D eigenvalue weighted by molar-refractivity contribution is 4.97. The smallest absolute Gasteiger partial charge is 0.0111 e. The lowest BCUT2D eigenvalue weighted by atomic mass is 9.89. The monoisotopic (exact) mass is 182 g/mol. The predicted octanol–water partition coefficient (Wildman–Crippen LogP) is 1.37. The Labute approximate surface area is 81.5 Å². The van der Waals surface area contributed by atoms with Crippen LogP contribution in [-0.2, 0) is 0 Å². The zero-order valence-corrected chi connectivity index (χ0v) is 8.84. The van der Waals surface area contributed by atoms with E-state index in [-0.39, 0.29) is 0 Å². The summed E-state index contributed by atoms with van der Waals surface area (Å²) in [5, 5.41) is 7.25. The third-order valence-corrected chi connectivity index (χ3v) is 3.39. The summed E-state index contributed by atoms with van der Waals surface area (Å²) in [7, 11) is 0. The van der Waals surface area contributed by atoms with E-state index in [9.17, 15) is 0 Å². The van der Waals surface area contributed by atoms with Gasteiger partial charge in [-0.05, 0) is 44.2 Å². The molecule has 13 heavy (non-hydrogen) atoms. The van der Waals surface area contributed by atoms with E-state index in [0.29, 0.717) is 0 Å². The van der Waals surface area contributed by atoms with E-state index in [1.165, 1.54) is 32.4 Å². The number of hydrogen-bond acceptors (Lipinski definition) is 2. The van der Waals surface area contributed by atoms with E-state index in [1.807, 2.05) is 0 Å². The largest absolute Gasteiger partial charge is 0.316 e. The zero-order chi connectivity index (χ0) is 9.26. The van der Waals surface area contributed by atoms with Crippen LogP contribution in [0.4, 0.5) is 0 Å². The minimum atomic E-state index is 0.784. The SMILES string of the molecule is CC(C)CNCC1CC2CCC1N2. The number of fused-ring (bicyclic) bond motifs is 2. The summed E-state index contributed by atoms with van der Waals surface area (Å²) in [5.74, 6) is 1.70. The maximum Gasteiger partial charge on any atom is 0.0111 e. The molecule has 2 rings (SSSR count). The maximum atomic E-state index is 3.68. The minimum absolute atomic E-state index is 0.784. The van der Waals surface area contributed by atoms with Crippen LogP contribution in [0.5, 0.6) is 0 Å². The first-order valence-electron chi connectivity index (χ1n) is 5.72. The minimum Gasteiger partial charge on any atom is -0.316 e. The molecule has 0 radical (unpaired) electrons. The third kappa shape index (κ3) is 2.23. The fourth-order valence-corrected chi connectivity index (χ4v) is 2.72. The standard InChI is InChI=1S/C11H22N2/c1-8(2)6-12-7-9-5-10-3-4-11(9)13-10/h8-13H,3-7H2,1-2H3. The van der Waals surface area contributed by atoms with Gasteiger partial charge in [-0.15, -0.1) is 0 Å². The normalized spacial score (nSPS) is 37.6. The Hall–Kier alpha value is -0.0800. The molecule has 0 aliphatic carbocycles. The van der Waals surface area contributed by atoms with Crippen molar-refractivity contribution in [1.82, 2.24) is 10.6 Å². The Balaban J connectivity index is 1.66. The molecular formula is C11H22N2. The fourth-order valence-electron chi connectivity index (χ4n) is 2.72. The van der Waals surface area contributed by atoms with Crippen LogP contribution in [0, 0.1) is 11.8 Å². The van der Waals surface area contributed by atoms with E-state index in [1.54, 1.807) is 0 Å². The molecule has 3 unspecified atom stereocenters. The lowest BCUT2D eigenvalue weighted by molar-refractivity contribution is 0.374. The maximum absolute atomic E-state index is 3.68. The Morgan fingerprint density at radius 3 is 2.77 bits per heavy atom. The van der Waals surface area contributed by atoms with Gasteiger partial charge in [-0.25, -0.2) is 0 Å². The molecule has 2 nitrogen and oxygen atoms in total. The van der Waals surface area contributed by atoms with Crippen molar-refractivity contribution in [3.05, 3.63) is 0 Å². The van der Waals surface area contributed by atoms with Gasteiger partial charge in [-0.2, -0.15) is 0 Å². The van der Waals surface area contributed by atoms with Crippen LogP contribution < -0.4 is 10.6 Å².